The number of nitrogens with zero attached hydrogens (tertiary/aromatic N) is 2. The number of nitrogens with two attached hydrogens (primary N) is 1. The van der Waals surface area contributed by atoms with Crippen molar-refractivity contribution in [3.05, 3.63) is 101 Å². The molecule has 0 spiro atoms. The molecule has 5 aromatic rings. The Bertz CT molecular complexity index is 1890. The third kappa shape index (κ3) is 3.69. The monoisotopic (exact) mass is 528 g/mol. The summed E-state index contributed by atoms with van der Waals surface area (Å²) < 4.78 is 0. The lowest BCUT2D eigenvalue weighted by molar-refractivity contribution is -0.128. The molecule has 7 rings (SSSR count). The van der Waals surface area contributed by atoms with Crippen molar-refractivity contribution in [3.8, 4) is 11.1 Å². The van der Waals surface area contributed by atoms with Gasteiger partial charge in [0.1, 0.15) is 0 Å². The summed E-state index contributed by atoms with van der Waals surface area (Å²) in [7, 11) is 0. The van der Waals surface area contributed by atoms with E-state index in [0.717, 1.165) is 68.3 Å². The lowest BCUT2D eigenvalue weighted by Gasteiger charge is -2.21. The predicted molar refractivity (Wildman–Crippen MR) is 156 cm³/mol. The van der Waals surface area contributed by atoms with Crippen LogP contribution in [0.3, 0.4) is 0 Å². The number of likely N-dealkylation sites (tertiary alicyclic amines) is 1. The summed E-state index contributed by atoms with van der Waals surface area (Å²) in [5, 5.41) is 1.88. The molecular weight excluding hydrogens is 500 g/mol. The van der Waals surface area contributed by atoms with Crippen LogP contribution in [-0.2, 0) is 17.9 Å². The number of aromatic nitrogens is 1. The Balaban J connectivity index is 1.37. The third-order valence-corrected chi connectivity index (χ3v) is 8.34. The van der Waals surface area contributed by atoms with E-state index in [2.05, 4.69) is 23.2 Å². The zero-order valence-electron chi connectivity index (χ0n) is 22.2. The van der Waals surface area contributed by atoms with Gasteiger partial charge < -0.3 is 20.5 Å². The summed E-state index contributed by atoms with van der Waals surface area (Å²) in [4.78, 5) is 45.1. The van der Waals surface area contributed by atoms with E-state index in [0.29, 0.717) is 30.6 Å². The minimum absolute atomic E-state index is 0.00109. The average molecular weight is 529 g/mol. The predicted octanol–water partition coefficient (Wildman–Crippen LogP) is 5.68. The molecule has 2 aliphatic rings. The summed E-state index contributed by atoms with van der Waals surface area (Å²) >= 11 is 0. The first kappa shape index (κ1) is 24.2. The minimum atomic E-state index is -0.503. The molecule has 3 amide bonds. The number of rotatable bonds is 5. The molecule has 3 heterocycles. The Morgan fingerprint density at radius 3 is 2.55 bits per heavy atom. The molecule has 7 heteroatoms. The van der Waals surface area contributed by atoms with Crippen LogP contribution in [0, 0.1) is 6.92 Å². The molecular formula is C33H28N4O3. The number of aromatic amines is 1. The van der Waals surface area contributed by atoms with Crippen LogP contribution in [0.5, 0.6) is 0 Å². The van der Waals surface area contributed by atoms with Gasteiger partial charge in [0.25, 0.3) is 11.8 Å². The second-order valence-corrected chi connectivity index (χ2v) is 10.7. The Labute approximate surface area is 231 Å². The van der Waals surface area contributed by atoms with Gasteiger partial charge in [0.05, 0.1) is 17.6 Å². The number of carbonyl (C=O) groups is 3. The van der Waals surface area contributed by atoms with Gasteiger partial charge >= 0.3 is 0 Å². The molecule has 0 unspecified atom stereocenters. The van der Waals surface area contributed by atoms with E-state index in [1.807, 2.05) is 65.3 Å². The van der Waals surface area contributed by atoms with Gasteiger partial charge in [-0.2, -0.15) is 0 Å². The molecule has 2 aliphatic heterocycles. The third-order valence-electron chi connectivity index (χ3n) is 8.34. The molecule has 0 saturated carbocycles. The maximum absolute atomic E-state index is 13.3. The highest BCUT2D eigenvalue weighted by atomic mass is 16.2. The number of carbonyl (C=O) groups excluding carboxylic acids is 3. The van der Waals surface area contributed by atoms with E-state index in [9.17, 15) is 14.4 Å². The van der Waals surface area contributed by atoms with Crippen molar-refractivity contribution in [1.82, 2.24) is 9.88 Å². The van der Waals surface area contributed by atoms with E-state index < -0.39 is 5.91 Å². The largest absolute Gasteiger partial charge is 0.366 e. The van der Waals surface area contributed by atoms with Gasteiger partial charge in [-0.25, -0.2) is 0 Å². The van der Waals surface area contributed by atoms with Crippen molar-refractivity contribution >= 4 is 45.2 Å². The minimum Gasteiger partial charge on any atom is -0.366 e. The van der Waals surface area contributed by atoms with Crippen LogP contribution in [0.2, 0.25) is 0 Å². The summed E-state index contributed by atoms with van der Waals surface area (Å²) in [6.07, 6.45) is 1.50. The van der Waals surface area contributed by atoms with E-state index >= 15 is 0 Å². The molecule has 1 saturated heterocycles. The number of amides is 3. The van der Waals surface area contributed by atoms with Gasteiger partial charge in [-0.05, 0) is 65.4 Å². The van der Waals surface area contributed by atoms with Crippen LogP contribution < -0.4 is 10.6 Å². The van der Waals surface area contributed by atoms with Crippen LogP contribution in [0.15, 0.2) is 72.8 Å². The normalized spacial score (nSPS) is 15.0. The number of benzene rings is 4. The highest BCUT2D eigenvalue weighted by Gasteiger charge is 2.30. The zero-order valence-corrected chi connectivity index (χ0v) is 22.2. The maximum atomic E-state index is 13.3. The SMILES string of the molecule is Cc1c(-c2ccc(C(N)=O)c3[nH]c4cc(CN5CCCC5=O)ccc4c23)cccc1N1Cc2ccccc2C1=O. The first-order chi connectivity index (χ1) is 19.4. The van der Waals surface area contributed by atoms with E-state index in [1.54, 1.807) is 6.07 Å². The summed E-state index contributed by atoms with van der Waals surface area (Å²) in [5.74, 6) is -0.317. The molecule has 3 N–H and O–H groups in total. The Morgan fingerprint density at radius 2 is 1.77 bits per heavy atom. The lowest BCUT2D eigenvalue weighted by atomic mass is 9.93. The van der Waals surface area contributed by atoms with Crippen molar-refractivity contribution < 1.29 is 14.4 Å². The zero-order chi connectivity index (χ0) is 27.5. The number of nitrogens with one attached hydrogen (secondary N) is 1. The number of hydrogen-bond donors (Lipinski definition) is 2. The lowest BCUT2D eigenvalue weighted by Crippen LogP contribution is -2.24. The van der Waals surface area contributed by atoms with Crippen LogP contribution in [0.1, 0.15) is 50.2 Å². The molecule has 0 bridgehead atoms. The number of hydrogen-bond acceptors (Lipinski definition) is 3. The number of anilines is 1. The summed E-state index contributed by atoms with van der Waals surface area (Å²) in [6, 6.07) is 23.6. The van der Waals surface area contributed by atoms with Crippen molar-refractivity contribution in [3.63, 3.8) is 0 Å². The smallest absolute Gasteiger partial charge is 0.258 e. The molecule has 7 nitrogen and oxygen atoms in total. The van der Waals surface area contributed by atoms with Gasteiger partial charge in [0.15, 0.2) is 0 Å². The molecule has 198 valence electrons. The topological polar surface area (TPSA) is 99.5 Å². The standard InChI is InChI=1S/C33H28N4O3/c1-19-22(8-4-9-28(19)37-18-21-6-2-3-7-23(21)33(37)40)24-13-14-26(32(34)39)31-30(24)25-12-11-20(16-27(25)35-31)17-36-15-5-10-29(36)38/h2-4,6-9,11-14,16,35H,5,10,15,17-18H2,1H3,(H2,34,39). The fourth-order valence-electron chi connectivity index (χ4n) is 6.34. The Morgan fingerprint density at radius 1 is 0.950 bits per heavy atom. The number of fused-ring (bicyclic) bond motifs is 4. The fourth-order valence-corrected chi connectivity index (χ4v) is 6.34. The quantitative estimate of drug-likeness (QED) is 0.307. The summed E-state index contributed by atoms with van der Waals surface area (Å²) in [5.41, 5.74) is 14.4. The van der Waals surface area contributed by atoms with Crippen molar-refractivity contribution in [2.24, 2.45) is 5.73 Å². The highest BCUT2D eigenvalue weighted by Crippen LogP contribution is 2.41. The molecule has 1 fully saturated rings. The number of H-pyrrole nitrogens is 1. The first-order valence-corrected chi connectivity index (χ1v) is 13.6. The first-order valence-electron chi connectivity index (χ1n) is 13.6. The van der Waals surface area contributed by atoms with Crippen molar-refractivity contribution in [2.45, 2.75) is 32.9 Å². The van der Waals surface area contributed by atoms with Gasteiger partial charge in [-0.3, -0.25) is 14.4 Å². The average Bonchev–Trinajstić information content (AvgIpc) is 3.63. The maximum Gasteiger partial charge on any atom is 0.258 e. The van der Waals surface area contributed by atoms with E-state index in [4.69, 9.17) is 5.73 Å². The molecule has 0 atom stereocenters. The molecule has 4 aromatic carbocycles. The van der Waals surface area contributed by atoms with Crippen molar-refractivity contribution in [1.29, 1.82) is 0 Å². The Hall–Kier alpha value is -4.91. The van der Waals surface area contributed by atoms with Crippen LogP contribution in [0.25, 0.3) is 32.9 Å². The highest BCUT2D eigenvalue weighted by molar-refractivity contribution is 6.20. The van der Waals surface area contributed by atoms with Crippen LogP contribution in [-0.4, -0.2) is 34.2 Å². The van der Waals surface area contributed by atoms with Gasteiger partial charge in [0, 0.05) is 47.1 Å². The Kier molecular flexibility index (Phi) is 5.49. The molecule has 1 aromatic heterocycles. The van der Waals surface area contributed by atoms with E-state index in [1.165, 1.54) is 0 Å². The summed E-state index contributed by atoms with van der Waals surface area (Å²) in [6.45, 7) is 3.91. The molecule has 0 aliphatic carbocycles. The van der Waals surface area contributed by atoms with E-state index in [-0.39, 0.29) is 11.8 Å². The van der Waals surface area contributed by atoms with Gasteiger partial charge in [-0.15, -0.1) is 0 Å². The molecule has 0 radical (unpaired) electrons. The second kappa shape index (κ2) is 9.09. The molecule has 40 heavy (non-hydrogen) atoms. The second-order valence-electron chi connectivity index (χ2n) is 10.7. The fraction of sp³-hybridized carbons (Fsp3) is 0.182. The van der Waals surface area contributed by atoms with Gasteiger partial charge in [-0.1, -0.05) is 48.5 Å². The van der Waals surface area contributed by atoms with Crippen molar-refractivity contribution in [2.75, 3.05) is 11.4 Å². The van der Waals surface area contributed by atoms with Crippen LogP contribution in [0.4, 0.5) is 5.69 Å². The van der Waals surface area contributed by atoms with Gasteiger partial charge in [0.2, 0.25) is 5.91 Å². The number of primary amides is 1. The van der Waals surface area contributed by atoms with Crippen LogP contribution >= 0.6 is 0 Å².